The van der Waals surface area contributed by atoms with Crippen molar-refractivity contribution in [1.29, 1.82) is 0 Å². The first-order chi connectivity index (χ1) is 14.8. The summed E-state index contributed by atoms with van der Waals surface area (Å²) in [6.07, 6.45) is 17.5. The van der Waals surface area contributed by atoms with Gasteiger partial charge in [-0.05, 0) is 6.42 Å². The average Bonchev–Trinajstić information content (AvgIpc) is 2.69. The van der Waals surface area contributed by atoms with Crippen LogP contribution in [-0.4, -0.2) is 35.2 Å². The smallest absolute Gasteiger partial charge is 0.550 e. The maximum Gasteiger partial charge on any atom is 2.00 e. The van der Waals surface area contributed by atoms with Crippen LogP contribution in [0, 0.1) is 0 Å². The normalized spacial score (nSPS) is 12.6. The van der Waals surface area contributed by atoms with Crippen LogP contribution in [0.1, 0.15) is 122 Å². The summed E-state index contributed by atoms with van der Waals surface area (Å²) < 4.78 is 4.89. The Labute approximate surface area is 206 Å². The van der Waals surface area contributed by atoms with Crippen molar-refractivity contribution in [2.45, 2.75) is 128 Å². The molecule has 0 bridgehead atoms. The zero-order chi connectivity index (χ0) is 23.4. The van der Waals surface area contributed by atoms with Gasteiger partial charge in [-0.2, -0.15) is 0 Å². The number of aliphatic carboxylic acids is 2. The molecule has 8 heteroatoms. The van der Waals surface area contributed by atoms with E-state index in [0.29, 0.717) is 6.42 Å². The van der Waals surface area contributed by atoms with Gasteiger partial charge in [0.15, 0.2) is 0 Å². The number of carbonyl (C=O) groups excluding carboxylic acids is 3. The fourth-order valence-electron chi connectivity index (χ4n) is 3.57. The number of esters is 1. The van der Waals surface area contributed by atoms with Crippen molar-refractivity contribution in [3.63, 3.8) is 0 Å². The standard InChI is InChI=1S/C24H44O7.Zn/c1-2-3-4-5-6-7-8-9-10-11-12-13-14-15-16-17-18-31-22(27)20-24(30,23(28)29)19-21(25)26;/h30H,2-20H2,1H3,(H,25,26)(H,28,29);/q;+2/p-2. The molecule has 0 aromatic carbocycles. The Morgan fingerprint density at radius 1 is 0.688 bits per heavy atom. The van der Waals surface area contributed by atoms with E-state index < -0.39 is 36.4 Å². The number of hydrogen-bond acceptors (Lipinski definition) is 7. The Balaban J connectivity index is 0. The number of aliphatic hydroxyl groups is 1. The molecule has 0 aliphatic heterocycles. The van der Waals surface area contributed by atoms with Gasteiger partial charge in [0.2, 0.25) is 0 Å². The molecular formula is C24H42O7Zn. The summed E-state index contributed by atoms with van der Waals surface area (Å²) in [7, 11) is 0. The Bertz CT molecular complexity index is 499. The van der Waals surface area contributed by atoms with E-state index in [1.54, 1.807) is 0 Å². The first kappa shape index (κ1) is 33.2. The second kappa shape index (κ2) is 21.8. The fourth-order valence-corrected chi connectivity index (χ4v) is 3.57. The van der Waals surface area contributed by atoms with Crippen molar-refractivity contribution in [2.24, 2.45) is 0 Å². The first-order valence-corrected chi connectivity index (χ1v) is 12.1. The molecule has 0 saturated heterocycles. The van der Waals surface area contributed by atoms with Crippen LogP contribution in [0.2, 0.25) is 0 Å². The van der Waals surface area contributed by atoms with Crippen molar-refractivity contribution in [3.05, 3.63) is 0 Å². The second-order valence-electron chi connectivity index (χ2n) is 8.57. The van der Waals surface area contributed by atoms with Crippen LogP contribution < -0.4 is 10.2 Å². The quantitative estimate of drug-likeness (QED) is 0.135. The zero-order valence-electron chi connectivity index (χ0n) is 20.0. The molecule has 0 aromatic heterocycles. The number of carbonyl (C=O) groups is 3. The molecule has 32 heavy (non-hydrogen) atoms. The third-order valence-corrected chi connectivity index (χ3v) is 5.51. The molecular weight excluding hydrogens is 466 g/mol. The van der Waals surface area contributed by atoms with Crippen LogP contribution in [-0.2, 0) is 38.6 Å². The van der Waals surface area contributed by atoms with Gasteiger partial charge in [0.1, 0.15) is 5.60 Å². The summed E-state index contributed by atoms with van der Waals surface area (Å²) in [5, 5.41) is 31.1. The predicted octanol–water partition coefficient (Wildman–Crippen LogP) is 2.80. The molecule has 0 fully saturated rings. The molecule has 0 aliphatic carbocycles. The van der Waals surface area contributed by atoms with Crippen molar-refractivity contribution in [1.82, 2.24) is 0 Å². The number of hydrogen-bond donors (Lipinski definition) is 1. The maximum atomic E-state index is 11.6. The molecule has 0 aliphatic rings. The number of carboxylic acid groups (broad SMARTS) is 2. The van der Waals surface area contributed by atoms with Gasteiger partial charge in [-0.3, -0.25) is 4.79 Å². The summed E-state index contributed by atoms with van der Waals surface area (Å²) in [4.78, 5) is 33.0. The van der Waals surface area contributed by atoms with Crippen LogP contribution >= 0.6 is 0 Å². The van der Waals surface area contributed by atoms with E-state index in [4.69, 9.17) is 4.74 Å². The van der Waals surface area contributed by atoms with Crippen molar-refractivity contribution in [2.75, 3.05) is 6.61 Å². The van der Waals surface area contributed by atoms with E-state index in [2.05, 4.69) is 6.92 Å². The number of ether oxygens (including phenoxy) is 1. The van der Waals surface area contributed by atoms with Crippen LogP contribution in [0.3, 0.4) is 0 Å². The second-order valence-corrected chi connectivity index (χ2v) is 8.57. The van der Waals surface area contributed by atoms with Crippen molar-refractivity contribution in [3.8, 4) is 0 Å². The molecule has 1 unspecified atom stereocenters. The zero-order valence-corrected chi connectivity index (χ0v) is 23.0. The molecule has 0 amide bonds. The summed E-state index contributed by atoms with van der Waals surface area (Å²) >= 11 is 0. The van der Waals surface area contributed by atoms with E-state index in [1.807, 2.05) is 0 Å². The van der Waals surface area contributed by atoms with Crippen molar-refractivity contribution >= 4 is 17.9 Å². The summed E-state index contributed by atoms with van der Waals surface area (Å²) in [6.45, 7) is 2.36. The summed E-state index contributed by atoms with van der Waals surface area (Å²) in [5.41, 5.74) is -2.80. The third kappa shape index (κ3) is 19.7. The average molecular weight is 508 g/mol. The van der Waals surface area contributed by atoms with Gasteiger partial charge in [0.25, 0.3) is 0 Å². The topological polar surface area (TPSA) is 127 Å². The molecule has 0 spiro atoms. The Morgan fingerprint density at radius 2 is 1.06 bits per heavy atom. The first-order valence-electron chi connectivity index (χ1n) is 12.1. The van der Waals surface area contributed by atoms with Crippen LogP contribution in [0.4, 0.5) is 0 Å². The monoisotopic (exact) mass is 506 g/mol. The molecule has 0 rings (SSSR count). The van der Waals surface area contributed by atoms with Gasteiger partial charge >= 0.3 is 25.4 Å². The van der Waals surface area contributed by atoms with Crippen molar-refractivity contribution < 1.29 is 53.9 Å². The SMILES string of the molecule is CCCCCCCCCCCCCCCCCCOC(=O)CC(O)(CC(=O)[O-])C(=O)[O-].[Zn+2]. The molecule has 0 saturated carbocycles. The molecule has 182 valence electrons. The summed E-state index contributed by atoms with van der Waals surface area (Å²) in [6, 6.07) is 0. The van der Waals surface area contributed by atoms with Crippen LogP contribution in [0.15, 0.2) is 0 Å². The molecule has 1 atom stereocenters. The Hall–Kier alpha value is -1.01. The summed E-state index contributed by atoms with van der Waals surface area (Å²) in [5.74, 6) is -4.78. The van der Waals surface area contributed by atoms with Gasteiger partial charge in [0.05, 0.1) is 19.0 Å². The molecule has 1 N–H and O–H groups in total. The van der Waals surface area contributed by atoms with E-state index >= 15 is 0 Å². The molecule has 0 radical (unpaired) electrons. The Morgan fingerprint density at radius 3 is 1.41 bits per heavy atom. The minimum atomic E-state index is -2.80. The number of rotatable bonds is 22. The molecule has 7 nitrogen and oxygen atoms in total. The van der Waals surface area contributed by atoms with Gasteiger partial charge in [0, 0.05) is 12.4 Å². The van der Waals surface area contributed by atoms with E-state index in [-0.39, 0.29) is 26.1 Å². The minimum absolute atomic E-state index is 0. The maximum absolute atomic E-state index is 11.6. The largest absolute Gasteiger partial charge is 2.00 e. The van der Waals surface area contributed by atoms with E-state index in [0.717, 1.165) is 19.3 Å². The van der Waals surface area contributed by atoms with Gasteiger partial charge in [-0.1, -0.05) is 103 Å². The van der Waals surface area contributed by atoms with E-state index in [1.165, 1.54) is 77.0 Å². The predicted molar refractivity (Wildman–Crippen MR) is 115 cm³/mol. The molecule has 0 heterocycles. The Kier molecular flexibility index (Phi) is 22.6. The number of carboxylic acids is 2. The fraction of sp³-hybridized carbons (Fsp3) is 0.875. The number of unbranched alkanes of at least 4 members (excludes halogenated alkanes) is 15. The van der Waals surface area contributed by atoms with Gasteiger partial charge in [-0.15, -0.1) is 0 Å². The third-order valence-electron chi connectivity index (χ3n) is 5.51. The van der Waals surface area contributed by atoms with Gasteiger partial charge in [-0.25, -0.2) is 0 Å². The van der Waals surface area contributed by atoms with Crippen LogP contribution in [0.25, 0.3) is 0 Å². The van der Waals surface area contributed by atoms with E-state index in [9.17, 15) is 29.7 Å². The minimum Gasteiger partial charge on any atom is -0.550 e. The van der Waals surface area contributed by atoms with Crippen LogP contribution in [0.5, 0.6) is 0 Å². The molecule has 0 aromatic rings. The van der Waals surface area contributed by atoms with Gasteiger partial charge < -0.3 is 29.6 Å².